The van der Waals surface area contributed by atoms with Gasteiger partial charge in [0.25, 0.3) is 0 Å². The zero-order valence-electron chi connectivity index (χ0n) is 18.7. The number of phenolic OH excluding ortho intramolecular Hbond substituents is 1. The number of esters is 1. The predicted octanol–water partition coefficient (Wildman–Crippen LogP) is 2.81. The van der Waals surface area contributed by atoms with Crippen molar-refractivity contribution in [2.24, 2.45) is 5.92 Å². The largest absolute Gasteiger partial charge is 0.507 e. The van der Waals surface area contributed by atoms with Crippen LogP contribution in [0.25, 0.3) is 6.08 Å². The highest BCUT2D eigenvalue weighted by Crippen LogP contribution is 2.31. The van der Waals surface area contributed by atoms with Gasteiger partial charge in [0.05, 0.1) is 12.7 Å². The van der Waals surface area contributed by atoms with Crippen LogP contribution in [0.5, 0.6) is 11.5 Å². The molecule has 8 heteroatoms. The minimum Gasteiger partial charge on any atom is -0.507 e. The van der Waals surface area contributed by atoms with Crippen molar-refractivity contribution in [3.8, 4) is 11.5 Å². The number of carbonyl (C=O) groups is 3. The highest BCUT2D eigenvalue weighted by Gasteiger charge is 2.27. The molecule has 0 amide bonds. The summed E-state index contributed by atoms with van der Waals surface area (Å²) in [7, 11) is 0. The molecule has 1 aromatic rings. The van der Waals surface area contributed by atoms with Gasteiger partial charge in [-0.25, -0.2) is 4.79 Å². The lowest BCUT2D eigenvalue weighted by molar-refractivity contribution is -0.133. The van der Waals surface area contributed by atoms with E-state index in [0.29, 0.717) is 30.6 Å². The first kappa shape index (κ1) is 25.5. The molecule has 2 rings (SSSR count). The maximum Gasteiger partial charge on any atom is 0.342 e. The van der Waals surface area contributed by atoms with E-state index in [0.717, 1.165) is 0 Å². The van der Waals surface area contributed by atoms with E-state index in [9.17, 15) is 29.7 Å². The Labute approximate surface area is 187 Å². The molecule has 3 N–H and O–H groups in total. The summed E-state index contributed by atoms with van der Waals surface area (Å²) < 4.78 is 11.1. The lowest BCUT2D eigenvalue weighted by Crippen LogP contribution is -2.34. The third-order valence-electron chi connectivity index (χ3n) is 5.58. The van der Waals surface area contributed by atoms with Crippen molar-refractivity contribution in [1.29, 1.82) is 0 Å². The Balaban J connectivity index is 2.35. The van der Waals surface area contributed by atoms with Crippen molar-refractivity contribution < 1.29 is 39.2 Å². The molecule has 1 aromatic carbocycles. The van der Waals surface area contributed by atoms with Gasteiger partial charge < -0.3 is 29.6 Å². The lowest BCUT2D eigenvalue weighted by Gasteiger charge is -2.23. The first-order valence-electron chi connectivity index (χ1n) is 10.9. The molecule has 1 unspecified atom stereocenters. The molecule has 32 heavy (non-hydrogen) atoms. The third-order valence-corrected chi connectivity index (χ3v) is 5.58. The summed E-state index contributed by atoms with van der Waals surface area (Å²) >= 11 is 0. The maximum atomic E-state index is 12.8. The number of cyclic esters (lactones) is 1. The summed E-state index contributed by atoms with van der Waals surface area (Å²) in [6, 6.07) is 2.87. The van der Waals surface area contributed by atoms with Crippen molar-refractivity contribution in [3.05, 3.63) is 29.3 Å². The van der Waals surface area contributed by atoms with Crippen molar-refractivity contribution >= 4 is 23.6 Å². The van der Waals surface area contributed by atoms with Gasteiger partial charge in [-0.05, 0) is 50.7 Å². The molecule has 176 valence electrons. The van der Waals surface area contributed by atoms with Gasteiger partial charge in [0.1, 0.15) is 35.1 Å². The van der Waals surface area contributed by atoms with Gasteiger partial charge in [-0.15, -0.1) is 0 Å². The molecule has 4 atom stereocenters. The molecule has 0 bridgehead atoms. The molecule has 0 radical (unpaired) electrons. The van der Waals surface area contributed by atoms with E-state index in [1.54, 1.807) is 13.0 Å². The molecule has 8 nitrogen and oxygen atoms in total. The SMILES string of the molecule is CC(=O)CCCOc1cc(O)c2c(c1)/C=C/C[C@H](O)[C@H](O)C(=O)CCC(C)[C@H](C)OC2=O. The Kier molecular flexibility index (Phi) is 9.41. The van der Waals surface area contributed by atoms with Gasteiger partial charge in [-0.2, -0.15) is 0 Å². The van der Waals surface area contributed by atoms with Crippen LogP contribution in [0.4, 0.5) is 0 Å². The second-order valence-corrected chi connectivity index (χ2v) is 8.30. The van der Waals surface area contributed by atoms with Crippen LogP contribution in [0.1, 0.15) is 68.8 Å². The first-order chi connectivity index (χ1) is 15.1. The van der Waals surface area contributed by atoms with E-state index >= 15 is 0 Å². The van der Waals surface area contributed by atoms with Crippen LogP contribution >= 0.6 is 0 Å². The fourth-order valence-corrected chi connectivity index (χ4v) is 3.34. The number of benzene rings is 1. The molecule has 1 aliphatic heterocycles. The zero-order valence-corrected chi connectivity index (χ0v) is 18.7. The molecule has 0 spiro atoms. The minimum absolute atomic E-state index is 0.0300. The maximum absolute atomic E-state index is 12.8. The number of hydrogen-bond acceptors (Lipinski definition) is 8. The van der Waals surface area contributed by atoms with E-state index in [1.807, 2.05) is 6.92 Å². The van der Waals surface area contributed by atoms with Gasteiger partial charge in [0.2, 0.25) is 0 Å². The van der Waals surface area contributed by atoms with Crippen LogP contribution in [-0.4, -0.2) is 57.8 Å². The first-order valence-corrected chi connectivity index (χ1v) is 10.9. The fourth-order valence-electron chi connectivity index (χ4n) is 3.34. The number of aliphatic hydroxyl groups is 2. The number of fused-ring (bicyclic) bond motifs is 1. The van der Waals surface area contributed by atoms with Gasteiger partial charge in [0, 0.05) is 18.9 Å². The van der Waals surface area contributed by atoms with Gasteiger partial charge >= 0.3 is 5.97 Å². The Hall–Kier alpha value is -2.71. The Morgan fingerprint density at radius 3 is 2.62 bits per heavy atom. The number of hydrogen-bond donors (Lipinski definition) is 3. The average molecular weight is 449 g/mol. The van der Waals surface area contributed by atoms with Crippen molar-refractivity contribution in [2.45, 2.75) is 71.2 Å². The molecular formula is C24H32O8. The molecular weight excluding hydrogens is 416 g/mol. The van der Waals surface area contributed by atoms with E-state index in [1.165, 1.54) is 25.1 Å². The number of aromatic hydroxyl groups is 1. The molecule has 0 aliphatic carbocycles. The lowest BCUT2D eigenvalue weighted by atomic mass is 9.94. The smallest absolute Gasteiger partial charge is 0.342 e. The fraction of sp³-hybridized carbons (Fsp3) is 0.542. The average Bonchev–Trinajstić information content (AvgIpc) is 2.72. The van der Waals surface area contributed by atoms with Gasteiger partial charge in [0.15, 0.2) is 5.78 Å². The number of carbonyl (C=O) groups excluding carboxylic acids is 3. The van der Waals surface area contributed by atoms with Crippen LogP contribution in [0.2, 0.25) is 0 Å². The van der Waals surface area contributed by atoms with Gasteiger partial charge in [-0.1, -0.05) is 19.1 Å². The summed E-state index contributed by atoms with van der Waals surface area (Å²) in [5.74, 6) is -1.32. The Morgan fingerprint density at radius 1 is 1.22 bits per heavy atom. The molecule has 0 fully saturated rings. The second kappa shape index (κ2) is 11.8. The van der Waals surface area contributed by atoms with Crippen LogP contribution in [-0.2, 0) is 14.3 Å². The van der Waals surface area contributed by atoms with E-state index in [4.69, 9.17) is 9.47 Å². The quantitative estimate of drug-likeness (QED) is 0.463. The summed E-state index contributed by atoms with van der Waals surface area (Å²) in [6.45, 7) is 5.27. The highest BCUT2D eigenvalue weighted by molar-refractivity contribution is 5.97. The normalized spacial score (nSPS) is 25.9. The van der Waals surface area contributed by atoms with E-state index in [2.05, 4.69) is 0 Å². The van der Waals surface area contributed by atoms with Crippen molar-refractivity contribution in [3.63, 3.8) is 0 Å². The zero-order chi connectivity index (χ0) is 23.8. The summed E-state index contributed by atoms with van der Waals surface area (Å²) in [6.07, 6.45) is 0.952. The summed E-state index contributed by atoms with van der Waals surface area (Å²) in [5, 5.41) is 30.8. The predicted molar refractivity (Wildman–Crippen MR) is 117 cm³/mol. The standard InChI is InChI=1S/C24H32O8/c1-14-9-10-20(27)23(29)19(26)8-4-7-17-12-18(31-11-5-6-15(2)25)13-21(28)22(17)24(30)32-16(14)3/h4,7,12-14,16,19,23,26,28-29H,5-6,8-11H2,1-3H3/b7-4+/t14?,16-,19-,23-/m0/s1. The monoisotopic (exact) mass is 448 g/mol. The molecule has 1 aliphatic rings. The summed E-state index contributed by atoms with van der Waals surface area (Å²) in [4.78, 5) is 36.1. The number of rotatable bonds is 5. The molecule has 0 saturated carbocycles. The number of Topliss-reactive ketones (excluding diaryl/α,β-unsaturated/α-hetero) is 2. The summed E-state index contributed by atoms with van der Waals surface area (Å²) in [5.41, 5.74) is 0.265. The van der Waals surface area contributed by atoms with Crippen LogP contribution in [0, 0.1) is 5.92 Å². The third kappa shape index (κ3) is 7.17. The topological polar surface area (TPSA) is 130 Å². The Bertz CT molecular complexity index is 860. The van der Waals surface area contributed by atoms with E-state index in [-0.39, 0.29) is 42.5 Å². The van der Waals surface area contributed by atoms with Crippen molar-refractivity contribution in [2.75, 3.05) is 6.61 Å². The molecule has 0 aromatic heterocycles. The number of ketones is 2. The second-order valence-electron chi connectivity index (χ2n) is 8.30. The van der Waals surface area contributed by atoms with Crippen LogP contribution < -0.4 is 4.74 Å². The number of phenols is 1. The molecule has 0 saturated heterocycles. The number of ether oxygens (including phenoxy) is 2. The van der Waals surface area contributed by atoms with E-state index < -0.39 is 30.1 Å². The van der Waals surface area contributed by atoms with Crippen LogP contribution in [0.15, 0.2) is 18.2 Å². The van der Waals surface area contributed by atoms with Crippen LogP contribution in [0.3, 0.4) is 0 Å². The molecule has 1 heterocycles. The Morgan fingerprint density at radius 2 is 1.94 bits per heavy atom. The number of aliphatic hydroxyl groups excluding tert-OH is 2. The van der Waals surface area contributed by atoms with Crippen molar-refractivity contribution in [1.82, 2.24) is 0 Å². The minimum atomic E-state index is -1.50. The highest BCUT2D eigenvalue weighted by atomic mass is 16.5. The van der Waals surface area contributed by atoms with Gasteiger partial charge in [-0.3, -0.25) is 4.79 Å².